The molecule has 0 aliphatic rings. The molecule has 112 valence electrons. The SMILES string of the molecule is COc1cccc(CN(C)S(=O)(=O)CC(=O)O)c1OC. The van der Waals surface area contributed by atoms with E-state index in [4.69, 9.17) is 14.6 Å². The fraction of sp³-hybridized carbons (Fsp3) is 0.417. The molecule has 20 heavy (non-hydrogen) atoms. The number of para-hydroxylation sites is 1. The van der Waals surface area contributed by atoms with Crippen molar-refractivity contribution in [3.8, 4) is 11.5 Å². The highest BCUT2D eigenvalue weighted by atomic mass is 32.2. The van der Waals surface area contributed by atoms with Crippen LogP contribution in [0.3, 0.4) is 0 Å². The highest BCUT2D eigenvalue weighted by Crippen LogP contribution is 2.31. The van der Waals surface area contributed by atoms with Crippen LogP contribution in [0.15, 0.2) is 18.2 Å². The number of carboxylic acid groups (broad SMARTS) is 1. The standard InChI is InChI=1S/C12H17NO6S/c1-13(20(16,17)8-11(14)15)7-9-5-4-6-10(18-2)12(9)19-3/h4-6H,7-8H2,1-3H3,(H,14,15). The van der Waals surface area contributed by atoms with Crippen molar-refractivity contribution in [3.05, 3.63) is 23.8 Å². The zero-order valence-electron chi connectivity index (χ0n) is 11.5. The molecular formula is C12H17NO6S. The van der Waals surface area contributed by atoms with E-state index in [0.717, 1.165) is 4.31 Å². The van der Waals surface area contributed by atoms with Gasteiger partial charge in [-0.05, 0) is 6.07 Å². The van der Waals surface area contributed by atoms with Crippen molar-refractivity contribution in [2.75, 3.05) is 27.0 Å². The number of hydrogen-bond donors (Lipinski definition) is 1. The summed E-state index contributed by atoms with van der Waals surface area (Å²) < 4.78 is 34.8. The first-order valence-corrected chi connectivity index (χ1v) is 7.28. The minimum atomic E-state index is -3.86. The van der Waals surface area contributed by atoms with Crippen LogP contribution in [0.25, 0.3) is 0 Å². The summed E-state index contributed by atoms with van der Waals surface area (Å²) in [7, 11) is 0.382. The summed E-state index contributed by atoms with van der Waals surface area (Å²) in [5, 5.41) is 8.60. The topological polar surface area (TPSA) is 93.1 Å². The third-order valence-electron chi connectivity index (χ3n) is 2.66. The number of aliphatic carboxylic acids is 1. The Morgan fingerprint density at radius 3 is 2.45 bits per heavy atom. The van der Waals surface area contributed by atoms with Crippen LogP contribution in [0.1, 0.15) is 5.56 Å². The Bertz CT molecular complexity index is 584. The second kappa shape index (κ2) is 6.58. The maximum Gasteiger partial charge on any atom is 0.320 e. The van der Waals surface area contributed by atoms with Crippen molar-refractivity contribution < 1.29 is 27.8 Å². The maximum atomic E-state index is 11.8. The van der Waals surface area contributed by atoms with Gasteiger partial charge in [0.05, 0.1) is 14.2 Å². The van der Waals surface area contributed by atoms with E-state index >= 15 is 0 Å². The van der Waals surface area contributed by atoms with Crippen LogP contribution in [0.5, 0.6) is 11.5 Å². The number of rotatable bonds is 7. The minimum absolute atomic E-state index is 0.00398. The van der Waals surface area contributed by atoms with E-state index in [1.54, 1.807) is 18.2 Å². The third kappa shape index (κ3) is 3.84. The highest BCUT2D eigenvalue weighted by Gasteiger charge is 2.23. The zero-order valence-corrected chi connectivity index (χ0v) is 12.3. The van der Waals surface area contributed by atoms with E-state index in [1.807, 2.05) is 0 Å². The first-order valence-electron chi connectivity index (χ1n) is 5.67. The van der Waals surface area contributed by atoms with Crippen LogP contribution in [-0.2, 0) is 21.4 Å². The maximum absolute atomic E-state index is 11.8. The van der Waals surface area contributed by atoms with Gasteiger partial charge in [-0.3, -0.25) is 4.79 Å². The number of carbonyl (C=O) groups is 1. The number of hydrogen-bond acceptors (Lipinski definition) is 5. The number of carboxylic acids is 1. The van der Waals surface area contributed by atoms with Crippen molar-refractivity contribution in [3.63, 3.8) is 0 Å². The van der Waals surface area contributed by atoms with Gasteiger partial charge in [-0.25, -0.2) is 8.42 Å². The number of ether oxygens (including phenoxy) is 2. The fourth-order valence-corrected chi connectivity index (χ4v) is 2.55. The Labute approximate surface area is 117 Å². The molecule has 7 nitrogen and oxygen atoms in total. The Kier molecular flexibility index (Phi) is 5.34. The van der Waals surface area contributed by atoms with Gasteiger partial charge in [0.1, 0.15) is 0 Å². The number of nitrogens with zero attached hydrogens (tertiary/aromatic N) is 1. The molecule has 0 aromatic heterocycles. The van der Waals surface area contributed by atoms with Gasteiger partial charge in [0.2, 0.25) is 10.0 Å². The predicted octanol–water partition coefficient (Wildman–Crippen LogP) is 0.550. The molecule has 1 rings (SSSR count). The summed E-state index contributed by atoms with van der Waals surface area (Å²) in [4.78, 5) is 10.5. The van der Waals surface area contributed by atoms with Crippen molar-refractivity contribution in [1.82, 2.24) is 4.31 Å². The molecule has 0 atom stereocenters. The largest absolute Gasteiger partial charge is 0.493 e. The third-order valence-corrected chi connectivity index (χ3v) is 4.35. The molecule has 0 spiro atoms. The van der Waals surface area contributed by atoms with Crippen molar-refractivity contribution in [2.24, 2.45) is 0 Å². The van der Waals surface area contributed by atoms with E-state index in [-0.39, 0.29) is 6.54 Å². The van der Waals surface area contributed by atoms with Gasteiger partial charge < -0.3 is 14.6 Å². The molecule has 0 saturated heterocycles. The number of sulfonamides is 1. The van der Waals surface area contributed by atoms with Crippen LogP contribution in [-0.4, -0.2) is 50.8 Å². The smallest absolute Gasteiger partial charge is 0.320 e. The van der Waals surface area contributed by atoms with E-state index in [0.29, 0.717) is 17.1 Å². The van der Waals surface area contributed by atoms with E-state index < -0.39 is 21.7 Å². The Morgan fingerprint density at radius 2 is 1.95 bits per heavy atom. The first kappa shape index (κ1) is 16.3. The highest BCUT2D eigenvalue weighted by molar-refractivity contribution is 7.89. The Hall–Kier alpha value is -1.80. The van der Waals surface area contributed by atoms with E-state index in [1.165, 1.54) is 21.3 Å². The summed E-state index contributed by atoms with van der Waals surface area (Å²) in [5.74, 6) is -1.44. The minimum Gasteiger partial charge on any atom is -0.493 e. The van der Waals surface area contributed by atoms with Gasteiger partial charge in [0.25, 0.3) is 0 Å². The lowest BCUT2D eigenvalue weighted by atomic mass is 10.2. The Morgan fingerprint density at radius 1 is 1.30 bits per heavy atom. The average Bonchev–Trinajstić information content (AvgIpc) is 2.36. The molecule has 0 radical (unpaired) electrons. The van der Waals surface area contributed by atoms with Crippen LogP contribution < -0.4 is 9.47 Å². The number of benzene rings is 1. The van der Waals surface area contributed by atoms with Crippen LogP contribution in [0, 0.1) is 0 Å². The molecule has 0 aliphatic heterocycles. The average molecular weight is 303 g/mol. The predicted molar refractivity (Wildman–Crippen MR) is 72.4 cm³/mol. The van der Waals surface area contributed by atoms with E-state index in [2.05, 4.69) is 0 Å². The molecule has 1 aromatic rings. The van der Waals surface area contributed by atoms with Gasteiger partial charge >= 0.3 is 5.97 Å². The van der Waals surface area contributed by atoms with E-state index in [9.17, 15) is 13.2 Å². The molecule has 0 fully saturated rings. The van der Waals surface area contributed by atoms with Gasteiger partial charge in [-0.15, -0.1) is 0 Å². The lowest BCUT2D eigenvalue weighted by molar-refractivity contribution is -0.134. The lowest BCUT2D eigenvalue weighted by Crippen LogP contribution is -2.32. The molecule has 0 amide bonds. The quantitative estimate of drug-likeness (QED) is 0.790. The van der Waals surface area contributed by atoms with Crippen LogP contribution in [0.2, 0.25) is 0 Å². The van der Waals surface area contributed by atoms with Gasteiger partial charge in [-0.1, -0.05) is 12.1 Å². The molecule has 0 bridgehead atoms. The second-order valence-corrected chi connectivity index (χ2v) is 6.13. The van der Waals surface area contributed by atoms with Crippen LogP contribution in [0.4, 0.5) is 0 Å². The normalized spacial score (nSPS) is 11.4. The summed E-state index contributed by atoms with van der Waals surface area (Å²) >= 11 is 0. The lowest BCUT2D eigenvalue weighted by Gasteiger charge is -2.18. The van der Waals surface area contributed by atoms with Gasteiger partial charge in [0.15, 0.2) is 17.3 Å². The molecule has 0 heterocycles. The molecular weight excluding hydrogens is 286 g/mol. The molecule has 0 aliphatic carbocycles. The van der Waals surface area contributed by atoms with Crippen LogP contribution >= 0.6 is 0 Å². The monoisotopic (exact) mass is 303 g/mol. The van der Waals surface area contributed by atoms with Gasteiger partial charge in [0, 0.05) is 19.2 Å². The molecule has 8 heteroatoms. The van der Waals surface area contributed by atoms with Gasteiger partial charge in [-0.2, -0.15) is 4.31 Å². The first-order chi connectivity index (χ1) is 9.31. The fourth-order valence-electron chi connectivity index (χ4n) is 1.68. The zero-order chi connectivity index (χ0) is 15.3. The van der Waals surface area contributed by atoms with Crippen molar-refractivity contribution in [2.45, 2.75) is 6.54 Å². The molecule has 0 unspecified atom stereocenters. The molecule has 1 N–H and O–H groups in total. The summed E-state index contributed by atoms with van der Waals surface area (Å²) in [6, 6.07) is 5.08. The number of methoxy groups -OCH3 is 2. The van der Waals surface area contributed by atoms with Crippen molar-refractivity contribution in [1.29, 1.82) is 0 Å². The second-order valence-electron chi connectivity index (χ2n) is 4.06. The summed E-state index contributed by atoms with van der Waals surface area (Å²) in [5.41, 5.74) is 0.586. The Balaban J connectivity index is 3.02. The molecule has 0 saturated carbocycles. The summed E-state index contributed by atoms with van der Waals surface area (Å²) in [6.07, 6.45) is 0. The van der Waals surface area contributed by atoms with Crippen molar-refractivity contribution >= 4 is 16.0 Å². The summed E-state index contributed by atoms with van der Waals surface area (Å²) in [6.45, 7) is -0.00398. The molecule has 1 aromatic carbocycles.